The predicted molar refractivity (Wildman–Crippen MR) is 72.0 cm³/mol. The summed E-state index contributed by atoms with van der Waals surface area (Å²) in [4.78, 5) is 11.4. The average Bonchev–Trinajstić information content (AvgIpc) is 2.93. The lowest BCUT2D eigenvalue weighted by Crippen LogP contribution is -2.34. The number of aliphatic carboxylic acids is 1. The van der Waals surface area contributed by atoms with Gasteiger partial charge in [0.2, 0.25) is 0 Å². The van der Waals surface area contributed by atoms with Crippen molar-refractivity contribution in [1.29, 1.82) is 0 Å². The second-order valence-electron chi connectivity index (χ2n) is 4.75. The molecule has 1 aromatic rings. The van der Waals surface area contributed by atoms with Gasteiger partial charge in [0.25, 0.3) is 0 Å². The molecular formula is C14H19NO5. The Balaban J connectivity index is 2.09. The van der Waals surface area contributed by atoms with E-state index in [4.69, 9.17) is 9.47 Å². The van der Waals surface area contributed by atoms with Gasteiger partial charge in [-0.3, -0.25) is 10.1 Å². The fraction of sp³-hybridized carbons (Fsp3) is 0.500. The largest absolute Gasteiger partial charge is 0.504 e. The van der Waals surface area contributed by atoms with E-state index in [1.807, 2.05) is 0 Å². The molecule has 110 valence electrons. The molecule has 1 fully saturated rings. The van der Waals surface area contributed by atoms with Crippen LogP contribution in [0.2, 0.25) is 0 Å². The second kappa shape index (κ2) is 6.58. The van der Waals surface area contributed by atoms with Gasteiger partial charge in [-0.15, -0.1) is 0 Å². The third kappa shape index (κ3) is 3.40. The SMILES string of the molecule is COc1cc(C(NCC2CCCO2)C(=O)O)ccc1O. The zero-order valence-corrected chi connectivity index (χ0v) is 11.3. The molecular weight excluding hydrogens is 262 g/mol. The number of rotatable bonds is 6. The minimum Gasteiger partial charge on any atom is -0.504 e. The Bertz CT molecular complexity index is 471. The minimum absolute atomic E-state index is 0.0143. The van der Waals surface area contributed by atoms with Gasteiger partial charge in [-0.25, -0.2) is 0 Å². The molecule has 2 rings (SSSR count). The van der Waals surface area contributed by atoms with Gasteiger partial charge in [-0.2, -0.15) is 0 Å². The molecule has 6 nitrogen and oxygen atoms in total. The van der Waals surface area contributed by atoms with Crippen molar-refractivity contribution in [3.05, 3.63) is 23.8 Å². The van der Waals surface area contributed by atoms with Gasteiger partial charge in [0.15, 0.2) is 11.5 Å². The van der Waals surface area contributed by atoms with Gasteiger partial charge in [-0.05, 0) is 30.5 Å². The number of phenolic OH excluding ortho intramolecular Hbond substituents is 1. The summed E-state index contributed by atoms with van der Waals surface area (Å²) in [6.07, 6.45) is 2.02. The first-order valence-corrected chi connectivity index (χ1v) is 6.56. The maximum absolute atomic E-state index is 11.4. The van der Waals surface area contributed by atoms with Crippen LogP contribution in [0.15, 0.2) is 18.2 Å². The minimum atomic E-state index is -0.976. The monoisotopic (exact) mass is 281 g/mol. The van der Waals surface area contributed by atoms with E-state index in [1.165, 1.54) is 19.2 Å². The number of hydrogen-bond acceptors (Lipinski definition) is 5. The molecule has 6 heteroatoms. The summed E-state index contributed by atoms with van der Waals surface area (Å²) in [7, 11) is 1.43. The van der Waals surface area contributed by atoms with E-state index < -0.39 is 12.0 Å². The highest BCUT2D eigenvalue weighted by molar-refractivity contribution is 5.76. The number of aromatic hydroxyl groups is 1. The van der Waals surface area contributed by atoms with Gasteiger partial charge in [0, 0.05) is 13.2 Å². The molecule has 0 radical (unpaired) electrons. The molecule has 20 heavy (non-hydrogen) atoms. The van der Waals surface area contributed by atoms with Crippen LogP contribution in [-0.4, -0.2) is 42.5 Å². The molecule has 1 heterocycles. The summed E-state index contributed by atoms with van der Waals surface area (Å²) < 4.78 is 10.5. The summed E-state index contributed by atoms with van der Waals surface area (Å²) in [5.41, 5.74) is 0.533. The number of carboxylic acids is 1. The Morgan fingerprint density at radius 2 is 2.40 bits per heavy atom. The molecule has 0 aliphatic carbocycles. The number of nitrogens with one attached hydrogen (secondary N) is 1. The number of carboxylic acid groups (broad SMARTS) is 1. The van der Waals surface area contributed by atoms with Crippen molar-refractivity contribution in [3.8, 4) is 11.5 Å². The Morgan fingerprint density at radius 3 is 3.00 bits per heavy atom. The summed E-state index contributed by atoms with van der Waals surface area (Å²) in [5, 5.41) is 21.9. The quantitative estimate of drug-likeness (QED) is 0.728. The van der Waals surface area contributed by atoms with E-state index in [2.05, 4.69) is 5.32 Å². The van der Waals surface area contributed by atoms with Crippen molar-refractivity contribution < 1.29 is 24.5 Å². The normalized spacial score (nSPS) is 19.8. The van der Waals surface area contributed by atoms with Crippen LogP contribution in [-0.2, 0) is 9.53 Å². The van der Waals surface area contributed by atoms with Gasteiger partial charge >= 0.3 is 5.97 Å². The lowest BCUT2D eigenvalue weighted by Gasteiger charge is -2.18. The first-order chi connectivity index (χ1) is 9.61. The zero-order chi connectivity index (χ0) is 14.5. The van der Waals surface area contributed by atoms with Crippen LogP contribution >= 0.6 is 0 Å². The number of benzene rings is 1. The van der Waals surface area contributed by atoms with Crippen LogP contribution in [0.25, 0.3) is 0 Å². The molecule has 0 saturated carbocycles. The van der Waals surface area contributed by atoms with E-state index in [1.54, 1.807) is 6.07 Å². The Morgan fingerprint density at radius 1 is 1.60 bits per heavy atom. The maximum atomic E-state index is 11.4. The highest BCUT2D eigenvalue weighted by Crippen LogP contribution is 2.29. The van der Waals surface area contributed by atoms with Crippen molar-refractivity contribution in [3.63, 3.8) is 0 Å². The lowest BCUT2D eigenvalue weighted by atomic mass is 10.1. The van der Waals surface area contributed by atoms with Crippen LogP contribution in [0, 0.1) is 0 Å². The average molecular weight is 281 g/mol. The highest BCUT2D eigenvalue weighted by atomic mass is 16.5. The standard InChI is InChI=1S/C14H19NO5/c1-19-12-7-9(4-5-11(12)16)13(14(17)18)15-8-10-3-2-6-20-10/h4-5,7,10,13,15-16H,2-3,6,8H2,1H3,(H,17,18). The Kier molecular flexibility index (Phi) is 4.81. The van der Waals surface area contributed by atoms with Crippen LogP contribution in [0.4, 0.5) is 0 Å². The van der Waals surface area contributed by atoms with Crippen LogP contribution in [0.1, 0.15) is 24.4 Å². The molecule has 0 bridgehead atoms. The number of ether oxygens (including phenoxy) is 2. The van der Waals surface area contributed by atoms with Gasteiger partial charge in [0.05, 0.1) is 13.2 Å². The fourth-order valence-electron chi connectivity index (χ4n) is 2.28. The molecule has 1 aromatic carbocycles. The third-order valence-corrected chi connectivity index (χ3v) is 3.36. The number of phenols is 1. The van der Waals surface area contributed by atoms with E-state index in [0.29, 0.717) is 12.1 Å². The molecule has 0 spiro atoms. The van der Waals surface area contributed by atoms with Gasteiger partial charge < -0.3 is 19.7 Å². The van der Waals surface area contributed by atoms with Crippen molar-refractivity contribution in [2.75, 3.05) is 20.3 Å². The van der Waals surface area contributed by atoms with Crippen LogP contribution in [0.5, 0.6) is 11.5 Å². The summed E-state index contributed by atoms with van der Waals surface area (Å²) in [6.45, 7) is 1.22. The summed E-state index contributed by atoms with van der Waals surface area (Å²) in [6, 6.07) is 3.67. The first-order valence-electron chi connectivity index (χ1n) is 6.56. The number of carbonyl (C=O) groups is 1. The van der Waals surface area contributed by atoms with E-state index in [-0.39, 0.29) is 17.6 Å². The lowest BCUT2D eigenvalue weighted by molar-refractivity contribution is -0.139. The van der Waals surface area contributed by atoms with Gasteiger partial charge in [0.1, 0.15) is 6.04 Å². The summed E-state index contributed by atoms with van der Waals surface area (Å²) in [5.74, 6) is -0.733. The fourth-order valence-corrected chi connectivity index (χ4v) is 2.28. The molecule has 0 amide bonds. The van der Waals surface area contributed by atoms with Crippen molar-refractivity contribution in [2.45, 2.75) is 25.0 Å². The Labute approximate surface area is 117 Å². The predicted octanol–water partition coefficient (Wildman–Crippen LogP) is 1.30. The van der Waals surface area contributed by atoms with Crippen LogP contribution < -0.4 is 10.1 Å². The number of methoxy groups -OCH3 is 1. The smallest absolute Gasteiger partial charge is 0.325 e. The van der Waals surface area contributed by atoms with E-state index in [0.717, 1.165) is 19.4 Å². The van der Waals surface area contributed by atoms with Crippen molar-refractivity contribution >= 4 is 5.97 Å². The second-order valence-corrected chi connectivity index (χ2v) is 4.75. The maximum Gasteiger partial charge on any atom is 0.325 e. The molecule has 3 N–H and O–H groups in total. The van der Waals surface area contributed by atoms with Crippen molar-refractivity contribution in [2.24, 2.45) is 0 Å². The van der Waals surface area contributed by atoms with Gasteiger partial charge in [-0.1, -0.05) is 6.07 Å². The molecule has 0 aromatic heterocycles. The van der Waals surface area contributed by atoms with E-state index >= 15 is 0 Å². The number of hydrogen-bond donors (Lipinski definition) is 3. The van der Waals surface area contributed by atoms with Crippen molar-refractivity contribution in [1.82, 2.24) is 5.32 Å². The summed E-state index contributed by atoms with van der Waals surface area (Å²) >= 11 is 0. The molecule has 1 saturated heterocycles. The zero-order valence-electron chi connectivity index (χ0n) is 11.3. The Hall–Kier alpha value is -1.79. The topological polar surface area (TPSA) is 88.0 Å². The molecule has 1 aliphatic heterocycles. The van der Waals surface area contributed by atoms with E-state index in [9.17, 15) is 15.0 Å². The highest BCUT2D eigenvalue weighted by Gasteiger charge is 2.23. The first kappa shape index (κ1) is 14.6. The van der Waals surface area contributed by atoms with Crippen LogP contribution in [0.3, 0.4) is 0 Å². The third-order valence-electron chi connectivity index (χ3n) is 3.36. The molecule has 2 unspecified atom stereocenters. The molecule has 1 aliphatic rings. The molecule has 2 atom stereocenters.